The van der Waals surface area contributed by atoms with Crippen LogP contribution >= 0.6 is 23.2 Å². The number of hydrogen-bond acceptors (Lipinski definition) is 6. The molecule has 0 aliphatic carbocycles. The number of aromatic nitrogens is 2. The van der Waals surface area contributed by atoms with Crippen LogP contribution in [0.15, 0.2) is 79.1 Å². The van der Waals surface area contributed by atoms with Gasteiger partial charge in [0.15, 0.2) is 0 Å². The van der Waals surface area contributed by atoms with Gasteiger partial charge in [-0.15, -0.1) is 0 Å². The second-order valence-corrected chi connectivity index (χ2v) is 7.39. The molecule has 3 aromatic carbocycles. The lowest BCUT2D eigenvalue weighted by atomic mass is 10.1. The highest BCUT2D eigenvalue weighted by molar-refractivity contribution is 6.31. The molecule has 0 atom stereocenters. The maximum atomic E-state index is 12.3. The van der Waals surface area contributed by atoms with E-state index in [4.69, 9.17) is 32.0 Å². The van der Waals surface area contributed by atoms with Crippen molar-refractivity contribution >= 4 is 45.0 Å². The average molecular weight is 437 g/mol. The zero-order valence-electron chi connectivity index (χ0n) is 15.1. The minimum absolute atomic E-state index is 0.170. The molecule has 0 unspecified atom stereocenters. The second-order valence-electron chi connectivity index (χ2n) is 6.51. The van der Waals surface area contributed by atoms with Crippen LogP contribution in [0, 0.1) is 0 Å². The Labute approximate surface area is 178 Å². The molecule has 0 spiro atoms. The minimum atomic E-state index is -0.526. The van der Waals surface area contributed by atoms with Gasteiger partial charge in [-0.25, -0.2) is 19.6 Å². The fourth-order valence-electron chi connectivity index (χ4n) is 3.09. The minimum Gasteiger partial charge on any atom is -0.403 e. The molecule has 0 aliphatic heterocycles. The lowest BCUT2D eigenvalue weighted by Crippen LogP contribution is -2.03. The van der Waals surface area contributed by atoms with E-state index in [2.05, 4.69) is 9.97 Å². The fraction of sp³-hybridized carbons (Fsp3) is 0. The smallest absolute Gasteiger partial charge is 0.347 e. The Bertz CT molecular complexity index is 1440. The van der Waals surface area contributed by atoms with Crippen molar-refractivity contribution in [3.63, 3.8) is 0 Å². The number of nitrogens with zero attached hydrogens (tertiary/aromatic N) is 2. The van der Waals surface area contributed by atoms with Crippen molar-refractivity contribution in [2.75, 3.05) is 0 Å². The molecule has 146 valence electrons. The van der Waals surface area contributed by atoms with Gasteiger partial charge < -0.3 is 8.83 Å². The number of fused-ring (bicyclic) bond motifs is 2. The van der Waals surface area contributed by atoms with E-state index in [9.17, 15) is 9.59 Å². The van der Waals surface area contributed by atoms with Crippen molar-refractivity contribution in [3.8, 4) is 22.9 Å². The van der Waals surface area contributed by atoms with E-state index in [0.717, 1.165) is 0 Å². The second kappa shape index (κ2) is 7.09. The fourth-order valence-corrected chi connectivity index (χ4v) is 3.44. The summed E-state index contributed by atoms with van der Waals surface area (Å²) in [6, 6.07) is 16.5. The van der Waals surface area contributed by atoms with Crippen LogP contribution in [0.4, 0.5) is 0 Å². The van der Waals surface area contributed by atoms with E-state index in [1.807, 2.05) is 0 Å². The van der Waals surface area contributed by atoms with Crippen molar-refractivity contribution in [1.82, 2.24) is 9.97 Å². The largest absolute Gasteiger partial charge is 0.403 e. The van der Waals surface area contributed by atoms with Crippen LogP contribution in [0.2, 0.25) is 10.0 Å². The number of halogens is 2. The molecule has 0 N–H and O–H groups in total. The number of hydrogen-bond donors (Lipinski definition) is 0. The molecular formula is C22H10Cl2N2O4. The van der Waals surface area contributed by atoms with E-state index >= 15 is 0 Å². The normalized spacial score (nSPS) is 11.3. The van der Waals surface area contributed by atoms with Gasteiger partial charge in [-0.1, -0.05) is 23.2 Å². The van der Waals surface area contributed by atoms with Gasteiger partial charge in [-0.2, -0.15) is 0 Å². The van der Waals surface area contributed by atoms with Gasteiger partial charge >= 0.3 is 11.3 Å². The molecule has 8 heteroatoms. The Morgan fingerprint density at radius 3 is 1.40 bits per heavy atom. The monoisotopic (exact) mass is 436 g/mol. The predicted molar refractivity (Wildman–Crippen MR) is 115 cm³/mol. The summed E-state index contributed by atoms with van der Waals surface area (Å²) >= 11 is 11.9. The van der Waals surface area contributed by atoms with Crippen LogP contribution in [0.5, 0.6) is 0 Å². The van der Waals surface area contributed by atoms with E-state index in [-0.39, 0.29) is 11.8 Å². The molecule has 0 radical (unpaired) electrons. The standard InChI is InChI=1S/C22H10Cl2N2O4/c23-13-5-7-17-15(9-13)21(27)29-19(25-17)11-1-2-12(4-3-11)20-26-18-8-6-14(24)10-16(18)22(28)30-20/h1-10H. The van der Waals surface area contributed by atoms with Gasteiger partial charge in [-0.3, -0.25) is 0 Å². The molecule has 2 heterocycles. The van der Waals surface area contributed by atoms with Crippen molar-refractivity contribution in [1.29, 1.82) is 0 Å². The Kier molecular flexibility index (Phi) is 4.38. The van der Waals surface area contributed by atoms with E-state index < -0.39 is 11.3 Å². The molecular weight excluding hydrogens is 427 g/mol. The van der Waals surface area contributed by atoms with E-state index in [0.29, 0.717) is 43.0 Å². The van der Waals surface area contributed by atoms with Gasteiger partial charge in [0.05, 0.1) is 21.8 Å². The first kappa shape index (κ1) is 18.5. The Morgan fingerprint density at radius 2 is 1.00 bits per heavy atom. The van der Waals surface area contributed by atoms with Crippen LogP contribution < -0.4 is 11.3 Å². The van der Waals surface area contributed by atoms with Crippen molar-refractivity contribution in [3.05, 3.63) is 91.5 Å². The third kappa shape index (κ3) is 3.26. The van der Waals surface area contributed by atoms with Gasteiger partial charge in [0.2, 0.25) is 11.8 Å². The molecule has 0 bridgehead atoms. The molecule has 0 saturated heterocycles. The zero-order chi connectivity index (χ0) is 20.8. The summed E-state index contributed by atoms with van der Waals surface area (Å²) in [6.45, 7) is 0. The van der Waals surface area contributed by atoms with Crippen molar-refractivity contribution in [2.24, 2.45) is 0 Å². The summed E-state index contributed by atoms with van der Waals surface area (Å²) < 4.78 is 10.7. The SMILES string of the molecule is O=c1oc(-c2ccc(-c3nc4ccc(Cl)cc4c(=O)o3)cc2)nc2ccc(Cl)cc12. The topological polar surface area (TPSA) is 86.2 Å². The van der Waals surface area contributed by atoms with Crippen LogP contribution in [0.3, 0.4) is 0 Å². The van der Waals surface area contributed by atoms with Crippen LogP contribution in [-0.2, 0) is 0 Å². The molecule has 2 aromatic heterocycles. The first-order valence-corrected chi connectivity index (χ1v) is 9.55. The van der Waals surface area contributed by atoms with Gasteiger partial charge in [-0.05, 0) is 60.7 Å². The van der Waals surface area contributed by atoms with Gasteiger partial charge in [0.1, 0.15) is 0 Å². The third-order valence-electron chi connectivity index (χ3n) is 4.56. The van der Waals surface area contributed by atoms with Crippen LogP contribution in [0.25, 0.3) is 44.7 Å². The molecule has 5 aromatic rings. The molecule has 6 nitrogen and oxygen atoms in total. The van der Waals surface area contributed by atoms with E-state index in [1.54, 1.807) is 48.5 Å². The summed E-state index contributed by atoms with van der Waals surface area (Å²) in [4.78, 5) is 33.3. The van der Waals surface area contributed by atoms with Crippen molar-refractivity contribution in [2.45, 2.75) is 0 Å². The van der Waals surface area contributed by atoms with Crippen LogP contribution in [-0.4, -0.2) is 9.97 Å². The lowest BCUT2D eigenvalue weighted by molar-refractivity contribution is 0.516. The highest BCUT2D eigenvalue weighted by Gasteiger charge is 2.12. The first-order chi connectivity index (χ1) is 14.5. The predicted octanol–water partition coefficient (Wildman–Crippen LogP) is 5.33. The number of rotatable bonds is 2. The Balaban J connectivity index is 1.56. The molecule has 30 heavy (non-hydrogen) atoms. The first-order valence-electron chi connectivity index (χ1n) is 8.79. The van der Waals surface area contributed by atoms with Crippen molar-refractivity contribution < 1.29 is 8.83 Å². The number of benzene rings is 3. The zero-order valence-corrected chi connectivity index (χ0v) is 16.6. The molecule has 0 amide bonds. The highest BCUT2D eigenvalue weighted by atomic mass is 35.5. The summed E-state index contributed by atoms with van der Waals surface area (Å²) in [5, 5.41) is 1.48. The summed E-state index contributed by atoms with van der Waals surface area (Å²) in [6.07, 6.45) is 0. The molecule has 5 rings (SSSR count). The average Bonchev–Trinajstić information content (AvgIpc) is 2.74. The Morgan fingerprint density at radius 1 is 0.600 bits per heavy atom. The quantitative estimate of drug-likeness (QED) is 0.371. The summed E-state index contributed by atoms with van der Waals surface area (Å²) in [5.74, 6) is 0.341. The van der Waals surface area contributed by atoms with Gasteiger partial charge in [0.25, 0.3) is 0 Å². The maximum absolute atomic E-state index is 12.3. The summed E-state index contributed by atoms with van der Waals surface area (Å²) in [7, 11) is 0. The van der Waals surface area contributed by atoms with Gasteiger partial charge in [0, 0.05) is 21.2 Å². The maximum Gasteiger partial charge on any atom is 0.347 e. The van der Waals surface area contributed by atoms with Crippen LogP contribution in [0.1, 0.15) is 0 Å². The highest BCUT2D eigenvalue weighted by Crippen LogP contribution is 2.25. The Hall–Kier alpha value is -3.48. The molecule has 0 saturated carbocycles. The molecule has 0 fully saturated rings. The lowest BCUT2D eigenvalue weighted by Gasteiger charge is -2.04. The van der Waals surface area contributed by atoms with E-state index in [1.165, 1.54) is 12.1 Å². The summed E-state index contributed by atoms with van der Waals surface area (Å²) in [5.41, 5.74) is 1.08. The third-order valence-corrected chi connectivity index (χ3v) is 5.03. The molecule has 0 aliphatic rings.